The topological polar surface area (TPSA) is 40.5 Å². The van der Waals surface area contributed by atoms with Crippen LogP contribution in [0.1, 0.15) is 37.7 Å². The number of halogens is 1. The first-order chi connectivity index (χ1) is 9.06. The minimum absolute atomic E-state index is 0.147. The van der Waals surface area contributed by atoms with Gasteiger partial charge in [0.15, 0.2) is 0 Å². The van der Waals surface area contributed by atoms with Gasteiger partial charge in [-0.25, -0.2) is 0 Å². The van der Waals surface area contributed by atoms with Crippen molar-refractivity contribution in [3.8, 4) is 0 Å². The van der Waals surface area contributed by atoms with Crippen molar-refractivity contribution in [3.05, 3.63) is 34.3 Å². The summed E-state index contributed by atoms with van der Waals surface area (Å²) in [6.45, 7) is 3.34. The largest absolute Gasteiger partial charge is 0.391 e. The Balaban J connectivity index is 1.92. The van der Waals surface area contributed by atoms with Crippen molar-refractivity contribution in [3.63, 3.8) is 0 Å². The minimum atomic E-state index is -0.347. The molecular weight excluding hydrogens is 306 g/mol. The molecule has 19 heavy (non-hydrogen) atoms. The zero-order valence-electron chi connectivity index (χ0n) is 11.2. The van der Waals surface area contributed by atoms with Crippen LogP contribution in [0, 0.1) is 0 Å². The molecule has 4 heteroatoms. The van der Waals surface area contributed by atoms with Gasteiger partial charge in [0.05, 0.1) is 6.10 Å². The van der Waals surface area contributed by atoms with E-state index < -0.39 is 0 Å². The predicted molar refractivity (Wildman–Crippen MR) is 79.0 cm³/mol. The van der Waals surface area contributed by atoms with Crippen LogP contribution in [0.25, 0.3) is 0 Å². The maximum absolute atomic E-state index is 12.2. The van der Waals surface area contributed by atoms with Crippen LogP contribution in [0.3, 0.4) is 0 Å². The van der Waals surface area contributed by atoms with Crippen molar-refractivity contribution in [2.45, 2.75) is 38.2 Å². The van der Waals surface area contributed by atoms with E-state index >= 15 is 0 Å². The average molecular weight is 326 g/mol. The van der Waals surface area contributed by atoms with Crippen molar-refractivity contribution in [2.24, 2.45) is 0 Å². The minimum Gasteiger partial charge on any atom is -0.391 e. The SMILES string of the molecule is CC(CC(=O)N1CCC[C@H](O)C1)c1ccc(Br)cc1. The van der Waals surface area contributed by atoms with Gasteiger partial charge in [0.1, 0.15) is 0 Å². The van der Waals surface area contributed by atoms with Crippen LogP contribution in [-0.4, -0.2) is 35.1 Å². The molecule has 1 saturated heterocycles. The van der Waals surface area contributed by atoms with Gasteiger partial charge in [-0.2, -0.15) is 0 Å². The average Bonchev–Trinajstić information content (AvgIpc) is 2.39. The number of aliphatic hydroxyl groups excluding tert-OH is 1. The predicted octanol–water partition coefficient (Wildman–Crippen LogP) is 2.93. The molecule has 1 unspecified atom stereocenters. The normalized spacial score (nSPS) is 21.2. The summed E-state index contributed by atoms with van der Waals surface area (Å²) in [6.07, 6.45) is 1.88. The van der Waals surface area contributed by atoms with E-state index in [-0.39, 0.29) is 17.9 Å². The second kappa shape index (κ2) is 6.53. The van der Waals surface area contributed by atoms with Crippen LogP contribution in [0.4, 0.5) is 0 Å². The van der Waals surface area contributed by atoms with Crippen molar-refractivity contribution in [1.82, 2.24) is 4.90 Å². The second-order valence-corrected chi connectivity index (χ2v) is 6.21. The molecule has 2 rings (SSSR count). The smallest absolute Gasteiger partial charge is 0.223 e. The van der Waals surface area contributed by atoms with Gasteiger partial charge in [0, 0.05) is 24.0 Å². The first kappa shape index (κ1) is 14.5. The molecule has 1 aliphatic heterocycles. The highest BCUT2D eigenvalue weighted by molar-refractivity contribution is 9.10. The highest BCUT2D eigenvalue weighted by Gasteiger charge is 2.23. The van der Waals surface area contributed by atoms with Gasteiger partial charge in [0.2, 0.25) is 5.91 Å². The highest BCUT2D eigenvalue weighted by Crippen LogP contribution is 2.23. The van der Waals surface area contributed by atoms with Gasteiger partial charge in [0.25, 0.3) is 0 Å². The molecule has 0 spiro atoms. The van der Waals surface area contributed by atoms with E-state index in [1.54, 1.807) is 4.90 Å². The number of rotatable bonds is 3. The zero-order valence-corrected chi connectivity index (χ0v) is 12.8. The Hall–Kier alpha value is -0.870. The van der Waals surface area contributed by atoms with Crippen molar-refractivity contribution >= 4 is 21.8 Å². The lowest BCUT2D eigenvalue weighted by Gasteiger charge is -2.31. The monoisotopic (exact) mass is 325 g/mol. The molecule has 1 aromatic rings. The molecule has 0 aliphatic carbocycles. The number of benzene rings is 1. The maximum atomic E-state index is 12.2. The molecule has 3 nitrogen and oxygen atoms in total. The summed E-state index contributed by atoms with van der Waals surface area (Å²) in [7, 11) is 0. The molecular formula is C15H20BrNO2. The summed E-state index contributed by atoms with van der Waals surface area (Å²) in [5.41, 5.74) is 1.18. The van der Waals surface area contributed by atoms with Crippen molar-refractivity contribution in [1.29, 1.82) is 0 Å². The fraction of sp³-hybridized carbons (Fsp3) is 0.533. The third kappa shape index (κ3) is 4.05. The molecule has 1 fully saturated rings. The lowest BCUT2D eigenvalue weighted by atomic mass is 9.96. The zero-order chi connectivity index (χ0) is 13.8. The lowest BCUT2D eigenvalue weighted by Crippen LogP contribution is -2.42. The van der Waals surface area contributed by atoms with Crippen molar-refractivity contribution < 1.29 is 9.90 Å². The van der Waals surface area contributed by atoms with E-state index in [1.165, 1.54) is 5.56 Å². The quantitative estimate of drug-likeness (QED) is 0.928. The third-order valence-electron chi connectivity index (χ3n) is 3.67. The van der Waals surface area contributed by atoms with Crippen LogP contribution in [0.5, 0.6) is 0 Å². The van der Waals surface area contributed by atoms with E-state index in [0.717, 1.165) is 23.9 Å². The molecule has 1 aromatic carbocycles. The number of aliphatic hydroxyl groups is 1. The number of carbonyl (C=O) groups excluding carboxylic acids is 1. The Morgan fingerprint density at radius 1 is 1.47 bits per heavy atom. The lowest BCUT2D eigenvalue weighted by molar-refractivity contribution is -0.134. The van der Waals surface area contributed by atoms with Crippen LogP contribution >= 0.6 is 15.9 Å². The Morgan fingerprint density at radius 2 is 2.16 bits per heavy atom. The summed E-state index contributed by atoms with van der Waals surface area (Å²) >= 11 is 3.41. The summed E-state index contributed by atoms with van der Waals surface area (Å²) in [5, 5.41) is 9.61. The second-order valence-electron chi connectivity index (χ2n) is 5.29. The first-order valence-electron chi connectivity index (χ1n) is 6.77. The molecule has 2 atom stereocenters. The van der Waals surface area contributed by atoms with Crippen LogP contribution in [0.2, 0.25) is 0 Å². The first-order valence-corrected chi connectivity index (χ1v) is 7.57. The number of piperidine rings is 1. The number of β-amino-alcohol motifs (C(OH)–C–C–N with tert-alkyl or cyclic N) is 1. The van der Waals surface area contributed by atoms with Gasteiger partial charge < -0.3 is 10.0 Å². The Kier molecular flexibility index (Phi) is 4.99. The van der Waals surface area contributed by atoms with E-state index in [9.17, 15) is 9.90 Å². The van der Waals surface area contributed by atoms with E-state index in [0.29, 0.717) is 13.0 Å². The van der Waals surface area contributed by atoms with Gasteiger partial charge in [-0.3, -0.25) is 4.79 Å². The van der Waals surface area contributed by atoms with Crippen molar-refractivity contribution in [2.75, 3.05) is 13.1 Å². The summed E-state index contributed by atoms with van der Waals surface area (Å²) < 4.78 is 1.05. The molecule has 0 saturated carbocycles. The molecule has 0 aromatic heterocycles. The Labute approximate surface area is 122 Å². The molecule has 1 aliphatic rings. The maximum Gasteiger partial charge on any atom is 0.223 e. The van der Waals surface area contributed by atoms with E-state index in [4.69, 9.17) is 0 Å². The highest BCUT2D eigenvalue weighted by atomic mass is 79.9. The number of amides is 1. The number of nitrogens with zero attached hydrogens (tertiary/aromatic N) is 1. The number of hydrogen-bond donors (Lipinski definition) is 1. The molecule has 0 bridgehead atoms. The van der Waals surface area contributed by atoms with Crippen LogP contribution < -0.4 is 0 Å². The van der Waals surface area contributed by atoms with E-state index in [1.807, 2.05) is 24.3 Å². The summed E-state index contributed by atoms with van der Waals surface area (Å²) in [6, 6.07) is 8.10. The van der Waals surface area contributed by atoms with Gasteiger partial charge >= 0.3 is 0 Å². The fourth-order valence-corrected chi connectivity index (χ4v) is 2.75. The molecule has 1 N–H and O–H groups in total. The van der Waals surface area contributed by atoms with Crippen LogP contribution in [-0.2, 0) is 4.79 Å². The molecule has 1 amide bonds. The molecule has 104 valence electrons. The summed E-state index contributed by atoms with van der Waals surface area (Å²) in [4.78, 5) is 14.0. The Bertz CT molecular complexity index is 432. The van der Waals surface area contributed by atoms with Gasteiger partial charge in [-0.1, -0.05) is 35.0 Å². The fourth-order valence-electron chi connectivity index (χ4n) is 2.48. The third-order valence-corrected chi connectivity index (χ3v) is 4.20. The number of carbonyl (C=O) groups is 1. The standard InChI is InChI=1S/C15H20BrNO2/c1-11(12-4-6-13(16)7-5-12)9-15(19)17-8-2-3-14(18)10-17/h4-7,11,14,18H,2-3,8-10H2,1H3/t11?,14-/m0/s1. The van der Waals surface area contributed by atoms with Gasteiger partial charge in [-0.05, 0) is 36.5 Å². The van der Waals surface area contributed by atoms with E-state index in [2.05, 4.69) is 22.9 Å². The molecule has 1 heterocycles. The molecule has 0 radical (unpaired) electrons. The van der Waals surface area contributed by atoms with Gasteiger partial charge in [-0.15, -0.1) is 0 Å². The Morgan fingerprint density at radius 3 is 2.79 bits per heavy atom. The number of likely N-dealkylation sites (tertiary alicyclic amines) is 1. The van der Waals surface area contributed by atoms with Crippen LogP contribution in [0.15, 0.2) is 28.7 Å². The summed E-state index contributed by atoms with van der Waals surface area (Å²) in [5.74, 6) is 0.355. The number of hydrogen-bond acceptors (Lipinski definition) is 2.